The summed E-state index contributed by atoms with van der Waals surface area (Å²) in [6.45, 7) is -2.87. The molecular weight excluding hydrogens is 1520 g/mol. The second kappa shape index (κ2) is 27.1. The van der Waals surface area contributed by atoms with Crippen LogP contribution >= 0.6 is 0 Å². The van der Waals surface area contributed by atoms with Crippen molar-refractivity contribution in [3.63, 3.8) is 0 Å². The average molecular weight is 1570 g/mol. The van der Waals surface area contributed by atoms with Gasteiger partial charge in [-0.05, 0) is 54.6 Å². The Labute approximate surface area is 614 Å². The van der Waals surface area contributed by atoms with Crippen molar-refractivity contribution in [1.82, 2.24) is 0 Å². The average Bonchev–Trinajstić information content (AvgIpc) is 1.58. The molecule has 25 N–H and O–H groups in total. The molecule has 8 aromatic rings. The van der Waals surface area contributed by atoms with Crippen LogP contribution in [-0.4, -0.2) is 250 Å². The number of phenolic OH excluding ortho intramolecular Hbond substituents is 23. The zero-order valence-electron chi connectivity index (χ0n) is 54.8. The van der Waals surface area contributed by atoms with E-state index in [9.17, 15) is 156 Å². The fraction of sp³-hybridized carbons (Fsp3) is 0.176. The molecule has 0 aliphatic carbocycles. The Hall–Kier alpha value is -15.4. The Bertz CT molecular complexity index is 5480. The molecule has 112 heavy (non-hydrogen) atoms. The van der Waals surface area contributed by atoms with E-state index in [0.717, 1.165) is 0 Å². The van der Waals surface area contributed by atoms with Crippen LogP contribution < -0.4 is 4.74 Å². The number of rotatable bonds is 7. The fourth-order valence-electron chi connectivity index (χ4n) is 12.6. The molecule has 10 atom stereocenters. The van der Waals surface area contributed by atoms with E-state index in [2.05, 4.69) is 0 Å². The van der Waals surface area contributed by atoms with Gasteiger partial charge in [0.25, 0.3) is 0 Å². The summed E-state index contributed by atoms with van der Waals surface area (Å²) in [5.41, 5.74) is -17.9. The predicted molar refractivity (Wildman–Crippen MR) is 344 cm³/mol. The maximum atomic E-state index is 15.9. The molecule has 0 aromatic heterocycles. The third kappa shape index (κ3) is 11.9. The highest BCUT2D eigenvalue weighted by molar-refractivity contribution is 6.13. The van der Waals surface area contributed by atoms with Crippen molar-refractivity contribution in [2.24, 2.45) is 0 Å². The van der Waals surface area contributed by atoms with Gasteiger partial charge in [0.15, 0.2) is 116 Å². The summed E-state index contributed by atoms with van der Waals surface area (Å²) in [5.74, 6) is -54.1. The monoisotopic (exact) mass is 1570 g/mol. The second-order valence-electron chi connectivity index (χ2n) is 24.5. The molecule has 10 unspecified atom stereocenters. The largest absolute Gasteiger partial charge is 0.504 e. The molecule has 0 saturated carbocycles. The Balaban J connectivity index is 0.950. The van der Waals surface area contributed by atoms with Crippen LogP contribution in [0.1, 0.15) is 82.9 Å². The number of hydrogen-bond donors (Lipinski definition) is 25. The summed E-state index contributed by atoms with van der Waals surface area (Å²) in [6.07, 6.45) is -26.2. The lowest BCUT2D eigenvalue weighted by Crippen LogP contribution is -2.63. The third-order valence-electron chi connectivity index (χ3n) is 17.9. The van der Waals surface area contributed by atoms with E-state index in [1.807, 2.05) is 0 Å². The molecule has 0 radical (unpaired) electrons. The van der Waals surface area contributed by atoms with Crippen molar-refractivity contribution < 1.29 is 218 Å². The molecule has 584 valence electrons. The number of cyclic esters (lactones) is 1. The number of benzene rings is 8. The molecule has 44 heteroatoms. The van der Waals surface area contributed by atoms with Gasteiger partial charge in [0.1, 0.15) is 30.5 Å². The highest BCUT2D eigenvalue weighted by atomic mass is 16.8. The van der Waals surface area contributed by atoms with Gasteiger partial charge in [-0.15, -0.1) is 0 Å². The molecule has 5 aliphatic heterocycles. The molecule has 0 bridgehead atoms. The van der Waals surface area contributed by atoms with Crippen LogP contribution in [0.15, 0.2) is 54.6 Å². The van der Waals surface area contributed by atoms with Crippen LogP contribution in [0.25, 0.3) is 33.4 Å². The number of aliphatic hydroxyl groups excluding tert-OH is 2. The van der Waals surface area contributed by atoms with E-state index in [0.29, 0.717) is 36.4 Å². The molecule has 0 spiro atoms. The van der Waals surface area contributed by atoms with E-state index in [4.69, 9.17) is 52.1 Å². The van der Waals surface area contributed by atoms with Crippen molar-refractivity contribution in [3.05, 3.63) is 99.1 Å². The summed E-state index contributed by atoms with van der Waals surface area (Å²) in [6, 6.07) is 3.07. The summed E-state index contributed by atoms with van der Waals surface area (Å²) in [7, 11) is 0. The van der Waals surface area contributed by atoms with Gasteiger partial charge in [0.05, 0.1) is 51.1 Å². The SMILES string of the molecule is O=C(OC1OC(CO)C(O)C2OC(=O)c3cc(O)c(O)c(O)c3-c3c(cc(O)c(O)c3O)C(=O)OC12)c1cc(O)c(O)c(Oc2c(O)c(O)c(O)c3c2C(=O)OC2C(COC(=O)c4cc(O)c(O)c(O)c4-3)OC(OC(=O)c3cc(O)c(O)c(O)c3)C3OC(=O)c4cc(O)c(O)c(O)c4-c4c(cc(O)c(O)c4O)C(=O)OC23)c1. The Morgan fingerprint density at radius 2 is 0.661 bits per heavy atom. The second-order valence-corrected chi connectivity index (χ2v) is 24.5. The molecule has 2 fully saturated rings. The first-order valence-corrected chi connectivity index (χ1v) is 31.2. The van der Waals surface area contributed by atoms with E-state index >= 15 is 9.59 Å². The Kier molecular flexibility index (Phi) is 18.1. The van der Waals surface area contributed by atoms with Crippen molar-refractivity contribution in [2.45, 2.75) is 61.4 Å². The number of aliphatic hydroxyl groups is 2. The van der Waals surface area contributed by atoms with E-state index in [1.54, 1.807) is 0 Å². The summed E-state index contributed by atoms with van der Waals surface area (Å²) >= 11 is 0. The quantitative estimate of drug-likeness (QED) is 0.0614. The highest BCUT2D eigenvalue weighted by Crippen LogP contribution is 2.60. The lowest BCUT2D eigenvalue weighted by Gasteiger charge is -2.44. The van der Waals surface area contributed by atoms with E-state index in [-0.39, 0.29) is 18.2 Å². The van der Waals surface area contributed by atoms with Gasteiger partial charge < -0.3 is 180 Å². The number of carbonyl (C=O) groups is 8. The van der Waals surface area contributed by atoms with Gasteiger partial charge in [-0.3, -0.25) is 0 Å². The number of ether oxygens (including phenoxy) is 11. The van der Waals surface area contributed by atoms with Crippen LogP contribution in [0.2, 0.25) is 0 Å². The maximum Gasteiger partial charge on any atom is 0.343 e. The van der Waals surface area contributed by atoms with Gasteiger partial charge in [-0.2, -0.15) is 0 Å². The van der Waals surface area contributed by atoms with Crippen molar-refractivity contribution >= 4 is 47.8 Å². The predicted octanol–water partition coefficient (Wildman–Crippen LogP) is 1.75. The number of hydrogen-bond acceptors (Lipinski definition) is 44. The minimum Gasteiger partial charge on any atom is -0.504 e. The molecule has 2 saturated heterocycles. The minimum atomic E-state index is -2.90. The summed E-state index contributed by atoms with van der Waals surface area (Å²) in [4.78, 5) is 118. The van der Waals surface area contributed by atoms with E-state index < -0.39 is 344 Å². The third-order valence-corrected chi connectivity index (χ3v) is 17.9. The zero-order chi connectivity index (χ0) is 81.5. The Morgan fingerprint density at radius 3 is 1.08 bits per heavy atom. The topological polar surface area (TPSA) is 744 Å². The lowest BCUT2D eigenvalue weighted by atomic mass is 9.90. The van der Waals surface area contributed by atoms with Gasteiger partial charge >= 0.3 is 47.8 Å². The summed E-state index contributed by atoms with van der Waals surface area (Å²) < 4.78 is 62.1. The van der Waals surface area contributed by atoms with Gasteiger partial charge in [0, 0.05) is 27.8 Å². The number of phenols is 23. The molecule has 5 aliphatic rings. The molecule has 0 amide bonds. The maximum absolute atomic E-state index is 15.9. The normalized spacial score (nSPS) is 21.2. The van der Waals surface area contributed by atoms with Gasteiger partial charge in [0.2, 0.25) is 70.8 Å². The van der Waals surface area contributed by atoms with Crippen molar-refractivity contribution in [1.29, 1.82) is 0 Å². The minimum absolute atomic E-state index is 0.246. The standard InChI is InChI=1S/C68H48O44/c69-10-28-44(85)55-57(109-64(99)17-8-25(76)41(82)47(88)32(17)30-15(62(97)107-55)6-23(74)39(80)45(30)86)67(104-28)112-60(95)13-3-21(72)38(79)27(4-13)103-54-36-35(50(91)51(92)52(54)93)34-14(5-22(73)43(84)49(34)90)61(96)102-11-29-53(106-66(36)101)56-58(68(105-29)111-59(94)12-1-19(70)37(78)20(71)2-12)110-65(100)18-9-26(77)42(83)48(89)33(18)31-16(63(98)108-56)7-24(75)40(81)46(31)87/h1-9,28-29,44,53,55-58,67-93H,10-11H2. The lowest BCUT2D eigenvalue weighted by molar-refractivity contribution is -0.283. The van der Waals surface area contributed by atoms with Crippen molar-refractivity contribution in [3.8, 4) is 177 Å². The number of esters is 8. The van der Waals surface area contributed by atoms with Crippen LogP contribution in [0.4, 0.5) is 0 Å². The highest BCUT2D eigenvalue weighted by Gasteiger charge is 2.58. The number of aromatic hydroxyl groups is 23. The Morgan fingerprint density at radius 1 is 0.330 bits per heavy atom. The van der Waals surface area contributed by atoms with Crippen LogP contribution in [0, 0.1) is 0 Å². The zero-order valence-corrected chi connectivity index (χ0v) is 54.8. The van der Waals surface area contributed by atoms with Crippen molar-refractivity contribution in [2.75, 3.05) is 13.2 Å². The van der Waals surface area contributed by atoms with Crippen LogP contribution in [0.3, 0.4) is 0 Å². The van der Waals surface area contributed by atoms with Gasteiger partial charge in [-0.1, -0.05) is 0 Å². The molecule has 8 aromatic carbocycles. The number of carbonyl (C=O) groups excluding carboxylic acids is 8. The molecule has 13 rings (SSSR count). The summed E-state index contributed by atoms with van der Waals surface area (Å²) in [5, 5.41) is 275. The molecular formula is C68H48O44. The molecule has 44 nitrogen and oxygen atoms in total. The first kappa shape index (κ1) is 74.8. The van der Waals surface area contributed by atoms with E-state index in [1.165, 1.54) is 0 Å². The number of fused-ring (bicyclic) bond motifs is 13. The first-order chi connectivity index (χ1) is 52.8. The fourth-order valence-corrected chi connectivity index (χ4v) is 12.6. The van der Waals surface area contributed by atoms with Crippen LogP contribution in [-0.2, 0) is 47.4 Å². The first-order valence-electron chi connectivity index (χ1n) is 31.2. The van der Waals surface area contributed by atoms with Crippen LogP contribution in [0.5, 0.6) is 144 Å². The smallest absolute Gasteiger partial charge is 0.343 e. The molecule has 5 heterocycles. The van der Waals surface area contributed by atoms with Gasteiger partial charge in [-0.25, -0.2) is 38.4 Å².